The summed E-state index contributed by atoms with van der Waals surface area (Å²) in [7, 11) is -2.45. The van der Waals surface area contributed by atoms with E-state index in [2.05, 4.69) is 14.4 Å². The van der Waals surface area contributed by atoms with E-state index in [9.17, 15) is 13.2 Å². The highest BCUT2D eigenvalue weighted by Crippen LogP contribution is 2.29. The molecule has 24 heavy (non-hydrogen) atoms. The molecule has 0 aliphatic carbocycles. The minimum Gasteiger partial charge on any atom is -0.469 e. The molecule has 0 aliphatic rings. The maximum absolute atomic E-state index is 12.5. The molecule has 8 heteroatoms. The first-order valence-corrected chi connectivity index (χ1v) is 9.32. The van der Waals surface area contributed by atoms with Gasteiger partial charge in [-0.25, -0.2) is 13.4 Å². The fraction of sp³-hybridized carbons (Fsp3) is 0.125. The molecular formula is C16H14N2O4S2. The number of nitrogens with one attached hydrogen (secondary N) is 1. The SMILES string of the molecule is COC(=O)Cc1cccc(NS(=O)(=O)c2cc3ccccc3s2)n1. The lowest BCUT2D eigenvalue weighted by atomic mass is 10.3. The zero-order valence-electron chi connectivity index (χ0n) is 12.7. The van der Waals surface area contributed by atoms with Crippen LogP contribution in [0.25, 0.3) is 10.1 Å². The Morgan fingerprint density at radius 1 is 1.21 bits per heavy atom. The van der Waals surface area contributed by atoms with Gasteiger partial charge in [0, 0.05) is 4.70 Å². The summed E-state index contributed by atoms with van der Waals surface area (Å²) in [6.45, 7) is 0. The van der Waals surface area contributed by atoms with Crippen LogP contribution in [-0.2, 0) is 26.0 Å². The smallest absolute Gasteiger partial charge is 0.311 e. The van der Waals surface area contributed by atoms with E-state index in [4.69, 9.17) is 0 Å². The van der Waals surface area contributed by atoms with Gasteiger partial charge in [0.1, 0.15) is 10.0 Å². The molecule has 2 heterocycles. The number of hydrogen-bond donors (Lipinski definition) is 1. The molecule has 2 aromatic heterocycles. The molecule has 0 atom stereocenters. The lowest BCUT2D eigenvalue weighted by Gasteiger charge is -2.07. The summed E-state index contributed by atoms with van der Waals surface area (Å²) in [6.07, 6.45) is -0.0189. The molecule has 0 radical (unpaired) electrons. The molecule has 0 unspecified atom stereocenters. The summed E-state index contributed by atoms with van der Waals surface area (Å²) in [5, 5.41) is 0.871. The number of carbonyl (C=O) groups is 1. The van der Waals surface area contributed by atoms with Crippen LogP contribution in [0.4, 0.5) is 5.82 Å². The Morgan fingerprint density at radius 3 is 2.75 bits per heavy atom. The Bertz CT molecular complexity index is 963. The second kappa shape index (κ2) is 6.58. The maximum atomic E-state index is 12.5. The number of carbonyl (C=O) groups excluding carboxylic acids is 1. The zero-order valence-corrected chi connectivity index (χ0v) is 14.4. The third-order valence-electron chi connectivity index (χ3n) is 3.27. The molecule has 124 valence electrons. The van der Waals surface area contributed by atoms with E-state index in [0.29, 0.717) is 5.69 Å². The fourth-order valence-corrected chi connectivity index (χ4v) is 4.53. The number of sulfonamides is 1. The number of pyridine rings is 1. The number of ether oxygens (including phenoxy) is 1. The Morgan fingerprint density at radius 2 is 2.00 bits per heavy atom. The van der Waals surface area contributed by atoms with E-state index in [1.165, 1.54) is 24.5 Å². The first-order chi connectivity index (χ1) is 11.5. The molecule has 3 rings (SSSR count). The second-order valence-electron chi connectivity index (χ2n) is 4.98. The molecular weight excluding hydrogens is 348 g/mol. The van der Waals surface area contributed by atoms with E-state index in [1.54, 1.807) is 18.2 Å². The van der Waals surface area contributed by atoms with Gasteiger partial charge in [0.15, 0.2) is 0 Å². The average molecular weight is 362 g/mol. The number of anilines is 1. The van der Waals surface area contributed by atoms with Gasteiger partial charge >= 0.3 is 5.97 Å². The highest BCUT2D eigenvalue weighted by atomic mass is 32.2. The van der Waals surface area contributed by atoms with Crippen molar-refractivity contribution in [1.82, 2.24) is 4.98 Å². The Labute approximate surface area is 143 Å². The third kappa shape index (κ3) is 3.55. The van der Waals surface area contributed by atoms with Gasteiger partial charge in [0.25, 0.3) is 10.0 Å². The highest BCUT2D eigenvalue weighted by Gasteiger charge is 2.18. The molecule has 0 aliphatic heterocycles. The summed E-state index contributed by atoms with van der Waals surface area (Å²) < 4.78 is 33.2. The van der Waals surface area contributed by atoms with Crippen LogP contribution in [0.1, 0.15) is 5.69 Å². The van der Waals surface area contributed by atoms with Crippen molar-refractivity contribution in [2.75, 3.05) is 11.8 Å². The Kier molecular flexibility index (Phi) is 4.50. The van der Waals surface area contributed by atoms with Gasteiger partial charge in [0.05, 0.1) is 19.2 Å². The number of hydrogen-bond acceptors (Lipinski definition) is 6. The van der Waals surface area contributed by atoms with E-state index < -0.39 is 16.0 Å². The predicted octanol–water partition coefficient (Wildman–Crippen LogP) is 2.81. The van der Waals surface area contributed by atoms with Crippen LogP contribution in [0.15, 0.2) is 52.7 Å². The second-order valence-corrected chi connectivity index (χ2v) is 7.97. The van der Waals surface area contributed by atoms with Gasteiger partial charge in [0.2, 0.25) is 0 Å². The van der Waals surface area contributed by atoms with Crippen LogP contribution in [0.5, 0.6) is 0 Å². The Hall–Kier alpha value is -2.45. The summed E-state index contributed by atoms with van der Waals surface area (Å²) in [6, 6.07) is 13.9. The standard InChI is InChI=1S/C16H14N2O4S2/c1-22-15(19)10-12-6-4-8-14(17-12)18-24(20,21)16-9-11-5-2-3-7-13(11)23-16/h2-9H,10H2,1H3,(H,17,18). The quantitative estimate of drug-likeness (QED) is 0.706. The number of rotatable bonds is 5. The first-order valence-electron chi connectivity index (χ1n) is 7.02. The summed E-state index contributed by atoms with van der Waals surface area (Å²) in [5.74, 6) is -0.277. The number of fused-ring (bicyclic) bond motifs is 1. The molecule has 6 nitrogen and oxygen atoms in total. The molecule has 1 aromatic carbocycles. The number of benzene rings is 1. The van der Waals surface area contributed by atoms with Gasteiger partial charge in [-0.3, -0.25) is 9.52 Å². The normalized spacial score (nSPS) is 11.4. The van der Waals surface area contributed by atoms with Crippen molar-refractivity contribution in [1.29, 1.82) is 0 Å². The van der Waals surface area contributed by atoms with E-state index in [-0.39, 0.29) is 16.4 Å². The molecule has 1 N–H and O–H groups in total. The van der Waals surface area contributed by atoms with Crippen molar-refractivity contribution in [3.05, 3.63) is 54.2 Å². The van der Waals surface area contributed by atoms with Gasteiger partial charge in [-0.2, -0.15) is 0 Å². The average Bonchev–Trinajstić information content (AvgIpc) is 2.99. The topological polar surface area (TPSA) is 85.4 Å². The maximum Gasteiger partial charge on any atom is 0.311 e. The molecule has 3 aromatic rings. The van der Waals surface area contributed by atoms with Gasteiger partial charge in [-0.05, 0) is 29.7 Å². The number of thiophene rings is 1. The summed E-state index contributed by atoms with van der Waals surface area (Å²) >= 11 is 1.19. The predicted molar refractivity (Wildman–Crippen MR) is 92.6 cm³/mol. The van der Waals surface area contributed by atoms with Gasteiger partial charge in [-0.1, -0.05) is 24.3 Å². The van der Waals surface area contributed by atoms with E-state index >= 15 is 0 Å². The van der Waals surface area contributed by atoms with Crippen LogP contribution < -0.4 is 4.72 Å². The van der Waals surface area contributed by atoms with Crippen molar-refractivity contribution in [2.24, 2.45) is 0 Å². The number of aromatic nitrogens is 1. The molecule has 0 spiro atoms. The first kappa shape index (κ1) is 16.4. The monoisotopic (exact) mass is 362 g/mol. The molecule has 0 saturated carbocycles. The van der Waals surface area contributed by atoms with E-state index in [1.807, 2.05) is 24.3 Å². The van der Waals surface area contributed by atoms with Crippen LogP contribution in [0, 0.1) is 0 Å². The van der Waals surface area contributed by atoms with Crippen molar-refractivity contribution in [3.8, 4) is 0 Å². The summed E-state index contributed by atoms with van der Waals surface area (Å²) in [4.78, 5) is 15.4. The molecule has 0 fully saturated rings. The van der Waals surface area contributed by atoms with Crippen molar-refractivity contribution < 1.29 is 17.9 Å². The van der Waals surface area contributed by atoms with Gasteiger partial charge in [-0.15, -0.1) is 11.3 Å². The number of esters is 1. The molecule has 0 saturated heterocycles. The van der Waals surface area contributed by atoms with Crippen LogP contribution in [0.3, 0.4) is 0 Å². The highest BCUT2D eigenvalue weighted by molar-refractivity contribution is 7.94. The minimum absolute atomic E-state index is 0.0189. The fourth-order valence-electron chi connectivity index (χ4n) is 2.13. The number of nitrogens with zero attached hydrogens (tertiary/aromatic N) is 1. The largest absolute Gasteiger partial charge is 0.469 e. The third-order valence-corrected chi connectivity index (χ3v) is 6.21. The summed E-state index contributed by atoms with van der Waals surface area (Å²) in [5.41, 5.74) is 0.429. The lowest BCUT2D eigenvalue weighted by Crippen LogP contribution is -2.14. The minimum atomic E-state index is -3.74. The lowest BCUT2D eigenvalue weighted by molar-refractivity contribution is -0.139. The van der Waals surface area contributed by atoms with Gasteiger partial charge < -0.3 is 4.74 Å². The van der Waals surface area contributed by atoms with Crippen molar-refractivity contribution in [3.63, 3.8) is 0 Å². The van der Waals surface area contributed by atoms with E-state index in [0.717, 1.165) is 10.1 Å². The zero-order chi connectivity index (χ0) is 17.2. The molecule has 0 amide bonds. The van der Waals surface area contributed by atoms with Crippen LogP contribution >= 0.6 is 11.3 Å². The molecule has 0 bridgehead atoms. The number of methoxy groups -OCH3 is 1. The van der Waals surface area contributed by atoms with Crippen LogP contribution in [-0.4, -0.2) is 26.5 Å². The Balaban J connectivity index is 1.86. The van der Waals surface area contributed by atoms with Crippen molar-refractivity contribution in [2.45, 2.75) is 10.6 Å². The van der Waals surface area contributed by atoms with Crippen LogP contribution in [0.2, 0.25) is 0 Å². The van der Waals surface area contributed by atoms with Crippen molar-refractivity contribution >= 4 is 43.2 Å².